The van der Waals surface area contributed by atoms with Crippen LogP contribution in [0.5, 0.6) is 0 Å². The quantitative estimate of drug-likeness (QED) is 0.620. The summed E-state index contributed by atoms with van der Waals surface area (Å²) in [5.41, 5.74) is 1.12. The summed E-state index contributed by atoms with van der Waals surface area (Å²) in [6, 6.07) is 10.5. The van der Waals surface area contributed by atoms with E-state index in [2.05, 4.69) is 46.8 Å². The fourth-order valence-electron chi connectivity index (χ4n) is 1.74. The van der Waals surface area contributed by atoms with Gasteiger partial charge in [0.25, 0.3) is 0 Å². The van der Waals surface area contributed by atoms with Gasteiger partial charge in [0.05, 0.1) is 5.60 Å². The van der Waals surface area contributed by atoms with Crippen LogP contribution in [0.1, 0.15) is 32.3 Å². The van der Waals surface area contributed by atoms with Crippen LogP contribution in [0.4, 0.5) is 0 Å². The molecule has 1 aromatic carbocycles. The van der Waals surface area contributed by atoms with Crippen molar-refractivity contribution in [2.45, 2.75) is 32.3 Å². The third kappa shape index (κ3) is 5.61. The van der Waals surface area contributed by atoms with Crippen molar-refractivity contribution in [2.24, 2.45) is 4.99 Å². The normalized spacial score (nSPS) is 13.9. The van der Waals surface area contributed by atoms with Crippen LogP contribution in [-0.4, -0.2) is 38.8 Å². The fraction of sp³-hybridized carbons (Fsp3) is 0.562. The number of hydrogen-bond donors (Lipinski definition) is 2. The molecule has 20 heavy (non-hydrogen) atoms. The van der Waals surface area contributed by atoms with Crippen molar-refractivity contribution in [3.8, 4) is 0 Å². The van der Waals surface area contributed by atoms with Gasteiger partial charge in [-0.3, -0.25) is 4.99 Å². The van der Waals surface area contributed by atoms with Crippen molar-refractivity contribution in [1.29, 1.82) is 0 Å². The molecule has 2 N–H and O–H groups in total. The second-order valence-electron chi connectivity index (χ2n) is 5.58. The molecular formula is C16H27N3O. The molecule has 0 aliphatic rings. The van der Waals surface area contributed by atoms with Crippen LogP contribution >= 0.6 is 0 Å². The average Bonchev–Trinajstić information content (AvgIpc) is 2.48. The second kappa shape index (κ2) is 7.90. The predicted molar refractivity (Wildman–Crippen MR) is 85.3 cm³/mol. The van der Waals surface area contributed by atoms with Gasteiger partial charge in [-0.2, -0.15) is 0 Å². The third-order valence-electron chi connectivity index (χ3n) is 3.40. The number of hydrogen-bond acceptors (Lipinski definition) is 2. The molecule has 0 amide bonds. The molecule has 0 aliphatic heterocycles. The Morgan fingerprint density at radius 1 is 1.25 bits per heavy atom. The van der Waals surface area contributed by atoms with E-state index in [0.717, 1.165) is 12.5 Å². The van der Waals surface area contributed by atoms with Gasteiger partial charge in [-0.15, -0.1) is 0 Å². The van der Waals surface area contributed by atoms with E-state index in [1.165, 1.54) is 5.56 Å². The van der Waals surface area contributed by atoms with Crippen molar-refractivity contribution in [3.05, 3.63) is 35.9 Å². The molecule has 112 valence electrons. The summed E-state index contributed by atoms with van der Waals surface area (Å²) >= 11 is 0. The Hall–Kier alpha value is -1.55. The Kier molecular flexibility index (Phi) is 6.52. The monoisotopic (exact) mass is 277 g/mol. The van der Waals surface area contributed by atoms with Gasteiger partial charge in [-0.05, 0) is 25.3 Å². The summed E-state index contributed by atoms with van der Waals surface area (Å²) in [7, 11) is 3.50. The van der Waals surface area contributed by atoms with Crippen LogP contribution in [0.15, 0.2) is 35.3 Å². The smallest absolute Gasteiger partial charge is 0.191 e. The zero-order valence-electron chi connectivity index (χ0n) is 13.2. The van der Waals surface area contributed by atoms with Crippen molar-refractivity contribution in [2.75, 3.05) is 27.2 Å². The second-order valence-corrected chi connectivity index (χ2v) is 5.58. The van der Waals surface area contributed by atoms with E-state index >= 15 is 0 Å². The summed E-state index contributed by atoms with van der Waals surface area (Å²) in [6.45, 7) is 7.84. The first-order valence-electron chi connectivity index (χ1n) is 7.03. The molecular weight excluding hydrogens is 250 g/mol. The highest BCUT2D eigenvalue weighted by atomic mass is 16.5. The minimum absolute atomic E-state index is 0.206. The van der Waals surface area contributed by atoms with E-state index in [4.69, 9.17) is 4.74 Å². The summed E-state index contributed by atoms with van der Waals surface area (Å²) in [5.74, 6) is 1.24. The molecule has 0 aromatic heterocycles. The lowest BCUT2D eigenvalue weighted by atomic mass is 10.0. The number of guanidine groups is 1. The van der Waals surface area contributed by atoms with Gasteiger partial charge in [0.15, 0.2) is 5.96 Å². The molecule has 0 saturated heterocycles. The third-order valence-corrected chi connectivity index (χ3v) is 3.40. The average molecular weight is 277 g/mol. The highest BCUT2D eigenvalue weighted by molar-refractivity contribution is 5.79. The van der Waals surface area contributed by atoms with Gasteiger partial charge < -0.3 is 15.4 Å². The molecule has 4 nitrogen and oxygen atoms in total. The van der Waals surface area contributed by atoms with Crippen LogP contribution in [0, 0.1) is 0 Å². The maximum absolute atomic E-state index is 5.38. The van der Waals surface area contributed by atoms with Gasteiger partial charge in [0, 0.05) is 27.2 Å². The first-order valence-corrected chi connectivity index (χ1v) is 7.03. The summed E-state index contributed by atoms with van der Waals surface area (Å²) in [5, 5.41) is 6.63. The highest BCUT2D eigenvalue weighted by Gasteiger charge is 2.16. The van der Waals surface area contributed by atoms with Crippen molar-refractivity contribution < 1.29 is 4.74 Å². The van der Waals surface area contributed by atoms with E-state index in [1.54, 1.807) is 14.2 Å². The van der Waals surface area contributed by atoms with Gasteiger partial charge in [-0.25, -0.2) is 0 Å². The number of benzene rings is 1. The zero-order chi connectivity index (χ0) is 15.0. The lowest BCUT2D eigenvalue weighted by Crippen LogP contribution is -2.46. The molecule has 1 atom stereocenters. The van der Waals surface area contributed by atoms with Crippen LogP contribution in [0.3, 0.4) is 0 Å². The number of methoxy groups -OCH3 is 1. The fourth-order valence-corrected chi connectivity index (χ4v) is 1.74. The Bertz CT molecular complexity index is 415. The molecule has 4 heteroatoms. The maximum Gasteiger partial charge on any atom is 0.191 e. The van der Waals surface area contributed by atoms with Gasteiger partial charge in [-0.1, -0.05) is 37.3 Å². The summed E-state index contributed by atoms with van der Waals surface area (Å²) in [4.78, 5) is 4.23. The first kappa shape index (κ1) is 16.5. The van der Waals surface area contributed by atoms with E-state index in [-0.39, 0.29) is 5.60 Å². The molecule has 1 unspecified atom stereocenters. The van der Waals surface area contributed by atoms with E-state index in [1.807, 2.05) is 19.9 Å². The molecule has 0 heterocycles. The van der Waals surface area contributed by atoms with Gasteiger partial charge >= 0.3 is 0 Å². The van der Waals surface area contributed by atoms with E-state index in [0.29, 0.717) is 12.5 Å². The number of nitrogens with zero attached hydrogens (tertiary/aromatic N) is 1. The van der Waals surface area contributed by atoms with Gasteiger partial charge in [0.1, 0.15) is 0 Å². The molecule has 0 bridgehead atoms. The van der Waals surface area contributed by atoms with Crippen molar-refractivity contribution in [1.82, 2.24) is 10.6 Å². The van der Waals surface area contributed by atoms with Crippen LogP contribution in [0.2, 0.25) is 0 Å². The van der Waals surface area contributed by atoms with Crippen molar-refractivity contribution in [3.63, 3.8) is 0 Å². The standard InChI is InChI=1S/C16H27N3O/c1-13(14-9-7-6-8-10-14)11-18-15(17-4)19-12-16(2,3)20-5/h6-10,13H,11-12H2,1-5H3,(H2,17,18,19). The molecule has 1 rings (SSSR count). The highest BCUT2D eigenvalue weighted by Crippen LogP contribution is 2.12. The largest absolute Gasteiger partial charge is 0.377 e. The lowest BCUT2D eigenvalue weighted by molar-refractivity contribution is 0.0268. The van der Waals surface area contributed by atoms with Crippen molar-refractivity contribution >= 4 is 5.96 Å². The number of nitrogens with one attached hydrogen (secondary N) is 2. The Labute approximate surface area is 122 Å². The Morgan fingerprint density at radius 2 is 1.90 bits per heavy atom. The SMILES string of the molecule is CN=C(NCC(C)c1ccccc1)NCC(C)(C)OC. The predicted octanol–water partition coefficient (Wildman–Crippen LogP) is 2.38. The number of aliphatic imine (C=N–C) groups is 1. The molecule has 0 radical (unpaired) electrons. The zero-order valence-corrected chi connectivity index (χ0v) is 13.2. The Morgan fingerprint density at radius 3 is 2.45 bits per heavy atom. The summed E-state index contributed by atoms with van der Waals surface area (Å²) in [6.07, 6.45) is 0. The molecule has 0 spiro atoms. The lowest BCUT2D eigenvalue weighted by Gasteiger charge is -2.25. The molecule has 0 aliphatic carbocycles. The molecule has 0 saturated carbocycles. The molecule has 1 aromatic rings. The first-order chi connectivity index (χ1) is 9.48. The number of rotatable bonds is 6. The topological polar surface area (TPSA) is 45.7 Å². The minimum Gasteiger partial charge on any atom is -0.377 e. The van der Waals surface area contributed by atoms with E-state index < -0.39 is 0 Å². The minimum atomic E-state index is -0.206. The number of ether oxygens (including phenoxy) is 1. The van der Waals surface area contributed by atoms with Crippen LogP contribution in [-0.2, 0) is 4.74 Å². The van der Waals surface area contributed by atoms with Crippen LogP contribution < -0.4 is 10.6 Å². The summed E-state index contributed by atoms with van der Waals surface area (Å²) < 4.78 is 5.38. The Balaban J connectivity index is 2.42. The van der Waals surface area contributed by atoms with Crippen LogP contribution in [0.25, 0.3) is 0 Å². The van der Waals surface area contributed by atoms with Gasteiger partial charge in [0.2, 0.25) is 0 Å². The van der Waals surface area contributed by atoms with E-state index in [9.17, 15) is 0 Å². The maximum atomic E-state index is 5.38. The molecule has 0 fully saturated rings.